The first-order chi connectivity index (χ1) is 9.22. The van der Waals surface area contributed by atoms with Gasteiger partial charge in [0.2, 0.25) is 0 Å². The van der Waals surface area contributed by atoms with E-state index in [2.05, 4.69) is 24.4 Å². The largest absolute Gasteiger partial charge is 0.496 e. The van der Waals surface area contributed by atoms with E-state index in [-0.39, 0.29) is 11.6 Å². The molecule has 1 unspecified atom stereocenters. The molecule has 1 N–H and O–H groups in total. The van der Waals surface area contributed by atoms with Gasteiger partial charge in [-0.1, -0.05) is 24.5 Å². The molecule has 1 aliphatic carbocycles. The summed E-state index contributed by atoms with van der Waals surface area (Å²) in [5, 5.41) is 3.73. The van der Waals surface area contributed by atoms with Gasteiger partial charge in [0.15, 0.2) is 0 Å². The molecule has 0 aromatic heterocycles. The summed E-state index contributed by atoms with van der Waals surface area (Å²) in [6, 6.07) is 6.29. The van der Waals surface area contributed by atoms with Gasteiger partial charge in [-0.2, -0.15) is 0 Å². The topological polar surface area (TPSA) is 30.5 Å². The molecule has 2 fully saturated rings. The number of nitrogens with one attached hydrogen (secondary N) is 1. The van der Waals surface area contributed by atoms with E-state index in [1.165, 1.54) is 36.8 Å². The van der Waals surface area contributed by atoms with Crippen molar-refractivity contribution in [1.82, 2.24) is 5.32 Å². The molecule has 1 saturated heterocycles. The minimum Gasteiger partial charge on any atom is -0.496 e. The molecule has 1 saturated carbocycles. The van der Waals surface area contributed by atoms with Crippen LogP contribution in [0.4, 0.5) is 0 Å². The van der Waals surface area contributed by atoms with Crippen molar-refractivity contribution in [1.29, 1.82) is 0 Å². The van der Waals surface area contributed by atoms with Gasteiger partial charge >= 0.3 is 0 Å². The van der Waals surface area contributed by atoms with Gasteiger partial charge in [-0.3, -0.25) is 0 Å². The minimum absolute atomic E-state index is 0.112. The van der Waals surface area contributed by atoms with Crippen LogP contribution in [0, 0.1) is 6.92 Å². The maximum atomic E-state index is 6.16. The lowest BCUT2D eigenvalue weighted by Crippen LogP contribution is -2.53. The van der Waals surface area contributed by atoms with E-state index >= 15 is 0 Å². The quantitative estimate of drug-likeness (QED) is 0.888. The molecule has 1 spiro atoms. The highest BCUT2D eigenvalue weighted by molar-refractivity contribution is 5.39. The van der Waals surface area contributed by atoms with Gasteiger partial charge in [-0.25, -0.2) is 0 Å². The van der Waals surface area contributed by atoms with Gasteiger partial charge in [-0.05, 0) is 31.9 Å². The standard InChI is InChI=1S/C16H23NO2/c1-12-5-6-14(18-2)13(9-12)15-10-17-16(11-19-15)7-3-4-8-16/h5-6,9,15,17H,3-4,7-8,10-11H2,1-2H3. The molecule has 104 valence electrons. The number of hydrogen-bond acceptors (Lipinski definition) is 3. The van der Waals surface area contributed by atoms with Crippen molar-refractivity contribution in [2.75, 3.05) is 20.3 Å². The van der Waals surface area contributed by atoms with E-state index < -0.39 is 0 Å². The molecule has 2 aliphatic rings. The van der Waals surface area contributed by atoms with Crippen LogP contribution in [0.5, 0.6) is 5.75 Å². The molecule has 1 aromatic carbocycles. The SMILES string of the molecule is COc1ccc(C)cc1C1CNC2(CCCC2)CO1. The number of methoxy groups -OCH3 is 1. The summed E-state index contributed by atoms with van der Waals surface area (Å²) >= 11 is 0. The van der Waals surface area contributed by atoms with Crippen LogP contribution in [0.3, 0.4) is 0 Å². The Labute approximate surface area is 115 Å². The van der Waals surface area contributed by atoms with Gasteiger partial charge in [-0.15, -0.1) is 0 Å². The van der Waals surface area contributed by atoms with Crippen molar-refractivity contribution in [3.63, 3.8) is 0 Å². The Balaban J connectivity index is 1.76. The van der Waals surface area contributed by atoms with Crippen LogP contribution in [-0.4, -0.2) is 25.8 Å². The molecular formula is C16H23NO2. The maximum absolute atomic E-state index is 6.16. The van der Waals surface area contributed by atoms with E-state index in [9.17, 15) is 0 Å². The Bertz CT molecular complexity index is 442. The lowest BCUT2D eigenvalue weighted by Gasteiger charge is -2.39. The van der Waals surface area contributed by atoms with E-state index in [1.807, 2.05) is 6.07 Å². The van der Waals surface area contributed by atoms with E-state index in [0.29, 0.717) is 0 Å². The summed E-state index contributed by atoms with van der Waals surface area (Å²) in [5.41, 5.74) is 2.68. The Kier molecular flexibility index (Phi) is 3.50. The lowest BCUT2D eigenvalue weighted by atomic mass is 9.95. The third kappa shape index (κ3) is 2.49. The van der Waals surface area contributed by atoms with Gasteiger partial charge < -0.3 is 14.8 Å². The minimum atomic E-state index is 0.112. The van der Waals surface area contributed by atoms with Crippen molar-refractivity contribution < 1.29 is 9.47 Å². The summed E-state index contributed by atoms with van der Waals surface area (Å²) in [6.45, 7) is 3.83. The van der Waals surface area contributed by atoms with Crippen LogP contribution >= 0.6 is 0 Å². The van der Waals surface area contributed by atoms with Crippen molar-refractivity contribution in [2.24, 2.45) is 0 Å². The summed E-state index contributed by atoms with van der Waals surface area (Å²) < 4.78 is 11.6. The number of aryl methyl sites for hydroxylation is 1. The molecule has 0 radical (unpaired) electrons. The number of hydrogen-bond donors (Lipinski definition) is 1. The fraction of sp³-hybridized carbons (Fsp3) is 0.625. The first kappa shape index (κ1) is 12.9. The normalized spacial score (nSPS) is 25.7. The molecule has 1 aromatic rings. The highest BCUT2D eigenvalue weighted by atomic mass is 16.5. The smallest absolute Gasteiger partial charge is 0.124 e. The monoisotopic (exact) mass is 261 g/mol. The third-order valence-electron chi connectivity index (χ3n) is 4.52. The molecule has 1 heterocycles. The van der Waals surface area contributed by atoms with Crippen molar-refractivity contribution in [3.05, 3.63) is 29.3 Å². The van der Waals surface area contributed by atoms with Crippen LogP contribution in [-0.2, 0) is 4.74 Å². The second-order valence-corrected chi connectivity index (χ2v) is 5.91. The molecule has 3 rings (SSSR count). The van der Waals surface area contributed by atoms with Crippen LogP contribution in [0.25, 0.3) is 0 Å². The zero-order chi connectivity index (χ0) is 13.3. The van der Waals surface area contributed by atoms with Crippen molar-refractivity contribution >= 4 is 0 Å². The Morgan fingerprint density at radius 3 is 2.74 bits per heavy atom. The lowest BCUT2D eigenvalue weighted by molar-refractivity contribution is -0.0335. The van der Waals surface area contributed by atoms with Crippen LogP contribution < -0.4 is 10.1 Å². The second kappa shape index (κ2) is 5.14. The number of ether oxygens (including phenoxy) is 2. The molecule has 3 heteroatoms. The molecule has 1 atom stereocenters. The summed E-state index contributed by atoms with van der Waals surface area (Å²) in [5.74, 6) is 0.930. The molecule has 0 bridgehead atoms. The van der Waals surface area contributed by atoms with Crippen molar-refractivity contribution in [2.45, 2.75) is 44.2 Å². The molecule has 3 nitrogen and oxygen atoms in total. The average Bonchev–Trinajstić information content (AvgIpc) is 2.88. The zero-order valence-electron chi connectivity index (χ0n) is 11.9. The number of morpholine rings is 1. The Hall–Kier alpha value is -1.06. The summed E-state index contributed by atoms with van der Waals surface area (Å²) in [7, 11) is 1.73. The molecule has 0 amide bonds. The van der Waals surface area contributed by atoms with Crippen molar-refractivity contribution in [3.8, 4) is 5.75 Å². The first-order valence-corrected chi connectivity index (χ1v) is 7.24. The predicted octanol–water partition coefficient (Wildman–Crippen LogP) is 2.98. The van der Waals surface area contributed by atoms with E-state index in [0.717, 1.165) is 18.9 Å². The molecular weight excluding hydrogens is 238 g/mol. The van der Waals surface area contributed by atoms with Crippen LogP contribution in [0.2, 0.25) is 0 Å². The van der Waals surface area contributed by atoms with E-state index in [1.54, 1.807) is 7.11 Å². The van der Waals surface area contributed by atoms with Crippen LogP contribution in [0.15, 0.2) is 18.2 Å². The average molecular weight is 261 g/mol. The Morgan fingerprint density at radius 1 is 1.32 bits per heavy atom. The summed E-state index contributed by atoms with van der Waals surface area (Å²) in [4.78, 5) is 0. The van der Waals surface area contributed by atoms with Crippen LogP contribution in [0.1, 0.15) is 42.9 Å². The molecule has 19 heavy (non-hydrogen) atoms. The number of benzene rings is 1. The van der Waals surface area contributed by atoms with Gasteiger partial charge in [0, 0.05) is 17.6 Å². The van der Waals surface area contributed by atoms with E-state index in [4.69, 9.17) is 9.47 Å². The summed E-state index contributed by atoms with van der Waals surface area (Å²) in [6.07, 6.45) is 5.28. The zero-order valence-corrected chi connectivity index (χ0v) is 11.9. The fourth-order valence-electron chi connectivity index (χ4n) is 3.36. The van der Waals surface area contributed by atoms with Gasteiger partial charge in [0.25, 0.3) is 0 Å². The first-order valence-electron chi connectivity index (χ1n) is 7.24. The second-order valence-electron chi connectivity index (χ2n) is 5.91. The van der Waals surface area contributed by atoms with Gasteiger partial charge in [0.1, 0.15) is 5.75 Å². The predicted molar refractivity (Wildman–Crippen MR) is 75.6 cm³/mol. The molecule has 1 aliphatic heterocycles. The Morgan fingerprint density at radius 2 is 2.11 bits per heavy atom. The highest BCUT2D eigenvalue weighted by Crippen LogP contribution is 2.37. The van der Waals surface area contributed by atoms with Gasteiger partial charge in [0.05, 0.1) is 19.8 Å². The number of rotatable bonds is 2. The third-order valence-corrected chi connectivity index (χ3v) is 4.52. The maximum Gasteiger partial charge on any atom is 0.124 e. The highest BCUT2D eigenvalue weighted by Gasteiger charge is 2.38. The fourth-order valence-corrected chi connectivity index (χ4v) is 3.36.